The van der Waals surface area contributed by atoms with E-state index < -0.39 is 8.07 Å². The van der Waals surface area contributed by atoms with Crippen LogP contribution < -0.4 is 5.38 Å². The van der Waals surface area contributed by atoms with Crippen LogP contribution in [0.5, 0.6) is 0 Å². The highest BCUT2D eigenvalue weighted by Gasteiger charge is 2.25. The van der Waals surface area contributed by atoms with Gasteiger partial charge in [0.15, 0.2) is 0 Å². The second kappa shape index (κ2) is 21.0. The topological polar surface area (TPSA) is 39.4 Å². The Morgan fingerprint density at radius 1 is 0.722 bits per heavy atom. The zero-order valence-corrected chi connectivity index (χ0v) is 25.8. The van der Waals surface area contributed by atoms with Gasteiger partial charge in [0.2, 0.25) is 0 Å². The summed E-state index contributed by atoms with van der Waals surface area (Å²) in [6, 6.07) is 2.17. The Kier molecular flexibility index (Phi) is 19.2. The summed E-state index contributed by atoms with van der Waals surface area (Å²) >= 11 is 0. The average molecular weight is 521 g/mol. The molecular weight excluding hydrogens is 460 g/mol. The first-order chi connectivity index (χ1) is 17.4. The monoisotopic (exact) mass is 520 g/mol. The molecule has 1 aromatic rings. The van der Waals surface area contributed by atoms with Gasteiger partial charge in [0.1, 0.15) is 14.2 Å². The first-order valence-corrected chi connectivity index (χ1v) is 19.2. The molecule has 0 fully saturated rings. The summed E-state index contributed by atoms with van der Waals surface area (Å²) in [6.07, 6.45) is 27.7. The summed E-state index contributed by atoms with van der Waals surface area (Å²) in [5.74, 6) is -0.0363. The largest absolute Gasteiger partial charge is 0.474 e. The van der Waals surface area contributed by atoms with Crippen molar-refractivity contribution < 1.29 is 13.9 Å². The molecule has 3 nitrogen and oxygen atoms in total. The third-order valence-corrected chi connectivity index (χ3v) is 9.05. The van der Waals surface area contributed by atoms with Gasteiger partial charge in [-0.15, -0.1) is 0 Å². The van der Waals surface area contributed by atoms with Gasteiger partial charge in [-0.05, 0) is 25.3 Å². The quantitative estimate of drug-likeness (QED) is 0.0773. The van der Waals surface area contributed by atoms with E-state index in [1.807, 2.05) is 6.26 Å². The number of hydrogen-bond donors (Lipinski definition) is 0. The van der Waals surface area contributed by atoms with Gasteiger partial charge < -0.3 is 9.15 Å². The molecule has 0 spiro atoms. The van der Waals surface area contributed by atoms with E-state index in [1.54, 1.807) is 0 Å². The van der Waals surface area contributed by atoms with Gasteiger partial charge in [-0.3, -0.25) is 4.79 Å². The van der Waals surface area contributed by atoms with Crippen LogP contribution in [0.1, 0.15) is 160 Å². The van der Waals surface area contributed by atoms with Crippen molar-refractivity contribution in [1.82, 2.24) is 0 Å². The highest BCUT2D eigenvalue weighted by Crippen LogP contribution is 2.26. The predicted octanol–water partition coefficient (Wildman–Crippen LogP) is 10.6. The second-order valence-corrected chi connectivity index (χ2v) is 17.0. The molecule has 0 aliphatic carbocycles. The SMILES string of the molecule is CCCCCCCCCCCCC(OC(=O)CCCCCCCCCCC)c1coc([Si](C)(C)C)c1. The van der Waals surface area contributed by atoms with E-state index in [4.69, 9.17) is 9.15 Å². The van der Waals surface area contributed by atoms with Gasteiger partial charge in [0.25, 0.3) is 0 Å². The van der Waals surface area contributed by atoms with E-state index in [0.29, 0.717) is 6.42 Å². The molecule has 1 aromatic heterocycles. The van der Waals surface area contributed by atoms with E-state index in [0.717, 1.165) is 36.6 Å². The van der Waals surface area contributed by atoms with Crippen LogP contribution in [0, 0.1) is 0 Å². The molecule has 0 amide bonds. The molecular formula is C32H60O3Si. The molecule has 0 saturated carbocycles. The maximum absolute atomic E-state index is 12.7. The van der Waals surface area contributed by atoms with Crippen molar-refractivity contribution in [2.24, 2.45) is 0 Å². The van der Waals surface area contributed by atoms with Crippen LogP contribution in [0.2, 0.25) is 19.6 Å². The highest BCUT2D eigenvalue weighted by molar-refractivity contribution is 6.87. The fourth-order valence-corrected chi connectivity index (χ4v) is 5.83. The van der Waals surface area contributed by atoms with Gasteiger partial charge >= 0.3 is 5.97 Å². The summed E-state index contributed by atoms with van der Waals surface area (Å²) in [7, 11) is -1.52. The second-order valence-electron chi connectivity index (χ2n) is 12.0. The minimum atomic E-state index is -1.52. The van der Waals surface area contributed by atoms with Crippen molar-refractivity contribution in [3.8, 4) is 0 Å². The van der Waals surface area contributed by atoms with Crippen LogP contribution in [0.25, 0.3) is 0 Å². The highest BCUT2D eigenvalue weighted by atomic mass is 28.3. The third-order valence-electron chi connectivity index (χ3n) is 7.31. The maximum atomic E-state index is 12.7. The van der Waals surface area contributed by atoms with E-state index in [-0.39, 0.29) is 12.1 Å². The number of hydrogen-bond acceptors (Lipinski definition) is 3. The Balaban J connectivity index is 2.37. The van der Waals surface area contributed by atoms with Crippen LogP contribution in [-0.4, -0.2) is 14.0 Å². The van der Waals surface area contributed by atoms with Crippen LogP contribution in [0.15, 0.2) is 16.7 Å². The van der Waals surface area contributed by atoms with Crippen LogP contribution in [0.4, 0.5) is 0 Å². The fraction of sp³-hybridized carbons (Fsp3) is 0.844. The number of carbonyl (C=O) groups excluding carboxylic acids is 1. The summed E-state index contributed by atoms with van der Waals surface area (Å²) in [5, 5.41) is 1.10. The number of unbranched alkanes of at least 4 members (excludes halogenated alkanes) is 17. The molecule has 36 heavy (non-hydrogen) atoms. The molecule has 4 heteroatoms. The molecule has 1 heterocycles. The molecule has 0 aliphatic heterocycles. The number of carbonyl (C=O) groups is 1. The lowest BCUT2D eigenvalue weighted by molar-refractivity contribution is -0.150. The summed E-state index contributed by atoms with van der Waals surface area (Å²) < 4.78 is 12.0. The van der Waals surface area contributed by atoms with Crippen LogP contribution >= 0.6 is 0 Å². The predicted molar refractivity (Wildman–Crippen MR) is 159 cm³/mol. The van der Waals surface area contributed by atoms with E-state index in [9.17, 15) is 4.79 Å². The Bertz CT molecular complexity index is 646. The molecule has 0 radical (unpaired) electrons. The van der Waals surface area contributed by atoms with Gasteiger partial charge in [0.05, 0.1) is 11.6 Å². The van der Waals surface area contributed by atoms with E-state index in [2.05, 4.69) is 39.6 Å². The lowest BCUT2D eigenvalue weighted by Crippen LogP contribution is -2.36. The molecule has 0 saturated heterocycles. The van der Waals surface area contributed by atoms with Gasteiger partial charge in [-0.2, -0.15) is 0 Å². The summed E-state index contributed by atoms with van der Waals surface area (Å²) in [6.45, 7) is 11.4. The fourth-order valence-electron chi connectivity index (χ4n) is 4.82. The Morgan fingerprint density at radius 3 is 1.61 bits per heavy atom. The first kappa shape index (κ1) is 33.0. The normalized spacial score (nSPS) is 12.7. The summed E-state index contributed by atoms with van der Waals surface area (Å²) in [5.41, 5.74) is 1.06. The average Bonchev–Trinajstić information content (AvgIpc) is 3.34. The lowest BCUT2D eigenvalue weighted by Gasteiger charge is -2.17. The Labute approximate surface area is 225 Å². The van der Waals surface area contributed by atoms with Crippen molar-refractivity contribution >= 4 is 19.4 Å². The first-order valence-electron chi connectivity index (χ1n) is 15.7. The minimum Gasteiger partial charge on any atom is -0.474 e. The van der Waals surface area contributed by atoms with Gasteiger partial charge in [0, 0.05) is 12.0 Å². The number of ether oxygens (including phenoxy) is 1. The number of furan rings is 1. The van der Waals surface area contributed by atoms with Crippen molar-refractivity contribution in [2.75, 3.05) is 0 Å². The maximum Gasteiger partial charge on any atom is 0.306 e. The molecule has 0 N–H and O–H groups in total. The standard InChI is InChI=1S/C32H60O3Si/c1-6-8-10-12-14-16-18-19-21-23-25-30(29-27-32(34-28-29)36(3,4)5)35-31(33)26-24-22-20-17-15-13-11-9-7-2/h27-28,30H,6-26H2,1-5H3. The van der Waals surface area contributed by atoms with Gasteiger partial charge in [-0.25, -0.2) is 0 Å². The van der Waals surface area contributed by atoms with E-state index >= 15 is 0 Å². The smallest absolute Gasteiger partial charge is 0.306 e. The number of esters is 1. The lowest BCUT2D eigenvalue weighted by atomic mass is 10.0. The zero-order valence-electron chi connectivity index (χ0n) is 24.8. The molecule has 0 bridgehead atoms. The molecule has 210 valence electrons. The molecule has 1 rings (SSSR count). The van der Waals surface area contributed by atoms with Crippen molar-refractivity contribution in [1.29, 1.82) is 0 Å². The van der Waals surface area contributed by atoms with Crippen LogP contribution in [-0.2, 0) is 9.53 Å². The zero-order chi connectivity index (χ0) is 26.5. The minimum absolute atomic E-state index is 0.0363. The third kappa shape index (κ3) is 16.7. The molecule has 1 atom stereocenters. The Hall–Kier alpha value is -1.03. The molecule has 0 aromatic carbocycles. The van der Waals surface area contributed by atoms with Crippen molar-refractivity contribution in [2.45, 2.75) is 174 Å². The van der Waals surface area contributed by atoms with Crippen molar-refractivity contribution in [3.05, 3.63) is 17.9 Å². The summed E-state index contributed by atoms with van der Waals surface area (Å²) in [4.78, 5) is 12.7. The molecule has 1 unspecified atom stereocenters. The van der Waals surface area contributed by atoms with E-state index in [1.165, 1.54) is 103 Å². The Morgan fingerprint density at radius 2 is 1.17 bits per heavy atom. The molecule has 0 aliphatic rings. The number of rotatable bonds is 24. The van der Waals surface area contributed by atoms with Crippen LogP contribution in [0.3, 0.4) is 0 Å². The van der Waals surface area contributed by atoms with Gasteiger partial charge in [-0.1, -0.05) is 143 Å². The van der Waals surface area contributed by atoms with Crippen molar-refractivity contribution in [3.63, 3.8) is 0 Å².